The van der Waals surface area contributed by atoms with Crippen LogP contribution >= 0.6 is 11.8 Å². The van der Waals surface area contributed by atoms with Gasteiger partial charge < -0.3 is 19.4 Å². The molecule has 0 aliphatic rings. The van der Waals surface area contributed by atoms with Crippen molar-refractivity contribution in [2.45, 2.75) is 52.1 Å². The largest absolute Gasteiger partial charge is 0.486 e. The maximum atomic E-state index is 12.5. The highest BCUT2D eigenvalue weighted by Gasteiger charge is 2.15. The number of nitrogens with zero attached hydrogens (tertiary/aromatic N) is 3. The van der Waals surface area contributed by atoms with Gasteiger partial charge in [-0.1, -0.05) is 35.5 Å². The van der Waals surface area contributed by atoms with Crippen molar-refractivity contribution in [2.24, 2.45) is 0 Å². The molecule has 174 valence electrons. The van der Waals surface area contributed by atoms with E-state index in [0.29, 0.717) is 28.8 Å². The van der Waals surface area contributed by atoms with E-state index in [2.05, 4.69) is 15.5 Å². The Kier molecular flexibility index (Phi) is 8.48. The standard InChI is InChI=1S/C24H28N4O4S/c1-5-28-21(14-31-20-11-9-17(4)10-12-20)26-27-24(28)33-15-22(29)25-19-8-6-7-18(13-19)23(30)32-16(2)3/h6-13,16H,5,14-15H2,1-4H3,(H,25,29). The number of carbonyl (C=O) groups is 2. The van der Waals surface area contributed by atoms with Crippen molar-refractivity contribution in [2.75, 3.05) is 11.1 Å². The molecule has 1 heterocycles. The number of nitrogens with one attached hydrogen (secondary N) is 1. The highest BCUT2D eigenvalue weighted by molar-refractivity contribution is 7.99. The van der Waals surface area contributed by atoms with E-state index < -0.39 is 5.97 Å². The van der Waals surface area contributed by atoms with Crippen molar-refractivity contribution >= 4 is 29.3 Å². The molecule has 0 aliphatic heterocycles. The average Bonchev–Trinajstić information content (AvgIpc) is 3.19. The van der Waals surface area contributed by atoms with E-state index in [0.717, 1.165) is 5.75 Å². The molecule has 8 nitrogen and oxygen atoms in total. The van der Waals surface area contributed by atoms with Gasteiger partial charge in [0.15, 0.2) is 11.0 Å². The fourth-order valence-electron chi connectivity index (χ4n) is 2.97. The summed E-state index contributed by atoms with van der Waals surface area (Å²) in [6.07, 6.45) is -0.213. The van der Waals surface area contributed by atoms with E-state index in [1.807, 2.05) is 42.7 Å². The number of esters is 1. The van der Waals surface area contributed by atoms with Gasteiger partial charge in [0.1, 0.15) is 12.4 Å². The SMILES string of the molecule is CCn1c(COc2ccc(C)cc2)nnc1SCC(=O)Nc1cccc(C(=O)OC(C)C)c1. The van der Waals surface area contributed by atoms with Gasteiger partial charge in [-0.3, -0.25) is 4.79 Å². The zero-order valence-electron chi connectivity index (χ0n) is 19.2. The molecule has 0 bridgehead atoms. The summed E-state index contributed by atoms with van der Waals surface area (Å²) < 4.78 is 12.9. The summed E-state index contributed by atoms with van der Waals surface area (Å²) in [5, 5.41) is 11.9. The topological polar surface area (TPSA) is 95.3 Å². The number of thioether (sulfide) groups is 1. The van der Waals surface area contributed by atoms with E-state index in [4.69, 9.17) is 9.47 Å². The van der Waals surface area contributed by atoms with Crippen LogP contribution in [-0.4, -0.2) is 38.5 Å². The number of anilines is 1. The van der Waals surface area contributed by atoms with Crippen LogP contribution in [0.1, 0.15) is 42.5 Å². The van der Waals surface area contributed by atoms with Crippen molar-refractivity contribution in [1.29, 1.82) is 0 Å². The number of carbonyl (C=O) groups excluding carboxylic acids is 2. The molecule has 0 radical (unpaired) electrons. The van der Waals surface area contributed by atoms with Crippen molar-refractivity contribution in [3.63, 3.8) is 0 Å². The molecule has 3 rings (SSSR count). The number of aryl methyl sites for hydroxylation is 1. The third-order valence-corrected chi connectivity index (χ3v) is 5.52. The quantitative estimate of drug-likeness (QED) is 0.346. The first-order valence-corrected chi connectivity index (χ1v) is 11.7. The monoisotopic (exact) mass is 468 g/mol. The van der Waals surface area contributed by atoms with E-state index >= 15 is 0 Å². The summed E-state index contributed by atoms with van der Waals surface area (Å²) in [6, 6.07) is 14.5. The third-order valence-electron chi connectivity index (χ3n) is 4.56. The number of rotatable bonds is 10. The zero-order valence-corrected chi connectivity index (χ0v) is 20.0. The van der Waals surface area contributed by atoms with Gasteiger partial charge in [0, 0.05) is 12.2 Å². The minimum Gasteiger partial charge on any atom is -0.486 e. The molecule has 1 N–H and O–H groups in total. The lowest BCUT2D eigenvalue weighted by Crippen LogP contribution is -2.16. The molecule has 0 unspecified atom stereocenters. The van der Waals surface area contributed by atoms with Gasteiger partial charge in [-0.15, -0.1) is 10.2 Å². The maximum absolute atomic E-state index is 12.5. The molecular formula is C24H28N4O4S. The van der Waals surface area contributed by atoms with E-state index in [-0.39, 0.29) is 24.4 Å². The van der Waals surface area contributed by atoms with Crippen molar-refractivity contribution in [3.05, 3.63) is 65.5 Å². The summed E-state index contributed by atoms with van der Waals surface area (Å²) in [6.45, 7) is 8.53. The highest BCUT2D eigenvalue weighted by atomic mass is 32.2. The van der Waals surface area contributed by atoms with Crippen LogP contribution in [0.25, 0.3) is 0 Å². The van der Waals surface area contributed by atoms with Crippen molar-refractivity contribution < 1.29 is 19.1 Å². The second-order valence-corrected chi connectivity index (χ2v) is 8.56. The molecule has 33 heavy (non-hydrogen) atoms. The molecule has 1 aromatic heterocycles. The normalized spacial score (nSPS) is 10.8. The van der Waals surface area contributed by atoms with Gasteiger partial charge in [0.05, 0.1) is 17.4 Å². The number of amides is 1. The summed E-state index contributed by atoms with van der Waals surface area (Å²) in [5.74, 6) is 0.971. The number of ether oxygens (including phenoxy) is 2. The molecule has 1 amide bonds. The Labute approximate surface area is 197 Å². The summed E-state index contributed by atoms with van der Waals surface area (Å²) >= 11 is 1.29. The van der Waals surface area contributed by atoms with E-state index in [9.17, 15) is 9.59 Å². The average molecular weight is 469 g/mol. The number of hydrogen-bond acceptors (Lipinski definition) is 7. The van der Waals surface area contributed by atoms with Gasteiger partial charge in [0.25, 0.3) is 0 Å². The van der Waals surface area contributed by atoms with Gasteiger partial charge in [-0.25, -0.2) is 4.79 Å². The molecule has 0 fully saturated rings. The maximum Gasteiger partial charge on any atom is 0.338 e. The predicted molar refractivity (Wildman–Crippen MR) is 128 cm³/mol. The lowest BCUT2D eigenvalue weighted by molar-refractivity contribution is -0.113. The first-order chi connectivity index (χ1) is 15.9. The van der Waals surface area contributed by atoms with Crippen LogP contribution < -0.4 is 10.1 Å². The zero-order chi connectivity index (χ0) is 23.8. The molecule has 0 spiro atoms. The number of benzene rings is 2. The molecule has 2 aromatic carbocycles. The first-order valence-electron chi connectivity index (χ1n) is 10.7. The molecular weight excluding hydrogens is 440 g/mol. The van der Waals surface area contributed by atoms with Gasteiger partial charge in [0.2, 0.25) is 5.91 Å². The second kappa shape index (κ2) is 11.5. The lowest BCUT2D eigenvalue weighted by atomic mass is 10.2. The molecule has 0 atom stereocenters. The molecule has 3 aromatic rings. The van der Waals surface area contributed by atoms with Crippen LogP contribution in [0.5, 0.6) is 5.75 Å². The van der Waals surface area contributed by atoms with Crippen molar-refractivity contribution in [1.82, 2.24) is 14.8 Å². The Bertz CT molecular complexity index is 1100. The molecule has 0 saturated carbocycles. The van der Waals surface area contributed by atoms with E-state index in [1.54, 1.807) is 38.1 Å². The van der Waals surface area contributed by atoms with Crippen LogP contribution in [-0.2, 0) is 22.7 Å². The first kappa shape index (κ1) is 24.3. The smallest absolute Gasteiger partial charge is 0.338 e. The minimum atomic E-state index is -0.424. The Hall–Kier alpha value is -3.33. The lowest BCUT2D eigenvalue weighted by Gasteiger charge is -2.10. The van der Waals surface area contributed by atoms with Crippen LogP contribution in [0.3, 0.4) is 0 Å². The minimum absolute atomic E-state index is 0.150. The predicted octanol–water partition coefficient (Wildman–Crippen LogP) is 4.48. The Morgan fingerprint density at radius 3 is 2.58 bits per heavy atom. The number of hydrogen-bond donors (Lipinski definition) is 1. The third kappa shape index (κ3) is 7.08. The fourth-order valence-corrected chi connectivity index (χ4v) is 3.79. The van der Waals surface area contributed by atoms with Crippen LogP contribution in [0.4, 0.5) is 5.69 Å². The van der Waals surface area contributed by atoms with E-state index in [1.165, 1.54) is 17.3 Å². The number of aromatic nitrogens is 3. The Morgan fingerprint density at radius 2 is 1.88 bits per heavy atom. The van der Waals surface area contributed by atoms with Gasteiger partial charge >= 0.3 is 5.97 Å². The fraction of sp³-hybridized carbons (Fsp3) is 0.333. The van der Waals surface area contributed by atoms with Crippen molar-refractivity contribution in [3.8, 4) is 5.75 Å². The summed E-state index contributed by atoms with van der Waals surface area (Å²) in [7, 11) is 0. The van der Waals surface area contributed by atoms with Crippen LogP contribution in [0, 0.1) is 6.92 Å². The Balaban J connectivity index is 1.56. The molecule has 9 heteroatoms. The molecule has 0 saturated heterocycles. The van der Waals surface area contributed by atoms with Crippen LogP contribution in [0.15, 0.2) is 53.7 Å². The van der Waals surface area contributed by atoms with Gasteiger partial charge in [-0.05, 0) is 58.0 Å². The summed E-state index contributed by atoms with van der Waals surface area (Å²) in [4.78, 5) is 24.5. The summed E-state index contributed by atoms with van der Waals surface area (Å²) in [5.41, 5.74) is 2.08. The van der Waals surface area contributed by atoms with Crippen LogP contribution in [0.2, 0.25) is 0 Å². The van der Waals surface area contributed by atoms with Gasteiger partial charge in [-0.2, -0.15) is 0 Å². The molecule has 0 aliphatic carbocycles. The highest BCUT2D eigenvalue weighted by Crippen LogP contribution is 2.20. The second-order valence-electron chi connectivity index (χ2n) is 7.62. The Morgan fingerprint density at radius 1 is 1.12 bits per heavy atom.